The zero-order valence-corrected chi connectivity index (χ0v) is 17.9. The van der Waals surface area contributed by atoms with E-state index < -0.39 is 24.1 Å². The van der Waals surface area contributed by atoms with E-state index in [0.29, 0.717) is 33.2 Å². The fourth-order valence-corrected chi connectivity index (χ4v) is 4.18. The van der Waals surface area contributed by atoms with Crippen molar-refractivity contribution in [3.05, 3.63) is 90.5 Å². The lowest BCUT2D eigenvalue weighted by molar-refractivity contribution is -0.271. The van der Waals surface area contributed by atoms with Crippen LogP contribution in [0.25, 0.3) is 27.5 Å². The second-order valence-corrected chi connectivity index (χ2v) is 8.00. The predicted molar refractivity (Wildman–Crippen MR) is 119 cm³/mol. The molecule has 5 rings (SSSR count). The van der Waals surface area contributed by atoms with Gasteiger partial charge in [-0.1, -0.05) is 12.1 Å². The van der Waals surface area contributed by atoms with Crippen LogP contribution in [0.15, 0.2) is 79.1 Å². The van der Waals surface area contributed by atoms with Gasteiger partial charge >= 0.3 is 6.18 Å². The second-order valence-electron chi connectivity index (χ2n) is 8.00. The Kier molecular flexibility index (Phi) is 5.09. The molecule has 2 heterocycles. The minimum atomic E-state index is -4.96. The molecule has 1 N–H and O–H groups in total. The SMILES string of the molecule is COc1cccc2c1ccn2CC(O)(c1ccc2c(cnn2-c2ccc(F)cc2)c1)C(F)(F)F. The molecular formula is C25H19F4N3O2. The molecular weight excluding hydrogens is 450 g/mol. The summed E-state index contributed by atoms with van der Waals surface area (Å²) in [6, 6.07) is 16.3. The summed E-state index contributed by atoms with van der Waals surface area (Å²) in [5, 5.41) is 16.3. The van der Waals surface area contributed by atoms with E-state index in [4.69, 9.17) is 4.74 Å². The fraction of sp³-hybridized carbons (Fsp3) is 0.160. The molecule has 1 unspecified atom stereocenters. The summed E-state index contributed by atoms with van der Waals surface area (Å²) in [7, 11) is 1.49. The molecule has 2 aromatic heterocycles. The summed E-state index contributed by atoms with van der Waals surface area (Å²) in [6.45, 7) is -0.745. The van der Waals surface area contributed by atoms with Gasteiger partial charge in [-0.05, 0) is 60.2 Å². The Morgan fingerprint density at radius 3 is 2.44 bits per heavy atom. The van der Waals surface area contributed by atoms with Crippen molar-refractivity contribution in [3.63, 3.8) is 0 Å². The van der Waals surface area contributed by atoms with E-state index in [0.717, 1.165) is 0 Å². The Hall–Kier alpha value is -3.85. The normalized spacial score (nSPS) is 13.9. The van der Waals surface area contributed by atoms with Crippen LogP contribution in [-0.2, 0) is 12.1 Å². The number of aromatic nitrogens is 3. The molecule has 1 atom stereocenters. The van der Waals surface area contributed by atoms with Crippen molar-refractivity contribution in [2.45, 2.75) is 18.3 Å². The lowest BCUT2D eigenvalue weighted by Gasteiger charge is -2.32. The van der Waals surface area contributed by atoms with Gasteiger partial charge in [0.05, 0.1) is 36.6 Å². The molecule has 0 amide bonds. The van der Waals surface area contributed by atoms with Crippen LogP contribution in [0.2, 0.25) is 0 Å². The summed E-state index contributed by atoms with van der Waals surface area (Å²) >= 11 is 0. The first kappa shape index (κ1) is 22.0. The highest BCUT2D eigenvalue weighted by Crippen LogP contribution is 2.42. The molecule has 0 saturated carbocycles. The number of benzene rings is 3. The summed E-state index contributed by atoms with van der Waals surface area (Å²) in [5.74, 6) is 0.120. The Labute approximate surface area is 191 Å². The van der Waals surface area contributed by atoms with Gasteiger partial charge in [-0.2, -0.15) is 18.3 Å². The number of ether oxygens (including phenoxy) is 1. The van der Waals surface area contributed by atoms with E-state index in [9.17, 15) is 22.7 Å². The highest BCUT2D eigenvalue weighted by Gasteiger charge is 2.55. The maximum absolute atomic E-state index is 14.3. The summed E-state index contributed by atoms with van der Waals surface area (Å²) in [4.78, 5) is 0. The molecule has 174 valence electrons. The minimum absolute atomic E-state index is 0.309. The third-order valence-corrected chi connectivity index (χ3v) is 5.98. The smallest absolute Gasteiger partial charge is 0.423 e. The second kappa shape index (κ2) is 7.88. The Morgan fingerprint density at radius 1 is 0.971 bits per heavy atom. The fourth-order valence-electron chi connectivity index (χ4n) is 4.18. The van der Waals surface area contributed by atoms with Crippen molar-refractivity contribution in [3.8, 4) is 11.4 Å². The number of hydrogen-bond donors (Lipinski definition) is 1. The highest BCUT2D eigenvalue weighted by atomic mass is 19.4. The molecule has 0 fully saturated rings. The van der Waals surface area contributed by atoms with Gasteiger partial charge in [0.15, 0.2) is 0 Å². The van der Waals surface area contributed by atoms with E-state index in [1.807, 2.05) is 0 Å². The molecule has 5 aromatic rings. The zero-order chi connectivity index (χ0) is 24.1. The molecule has 0 bridgehead atoms. The zero-order valence-electron chi connectivity index (χ0n) is 17.9. The van der Waals surface area contributed by atoms with E-state index in [2.05, 4.69) is 5.10 Å². The standard InChI is InChI=1S/C25H19F4N3O2/c1-34-23-4-2-3-22-20(23)11-12-31(22)15-24(33,25(27,28)29)17-5-10-21-16(13-17)14-30-32(21)19-8-6-18(26)7-9-19/h2-14,33H,15H2,1H3. The first-order chi connectivity index (χ1) is 16.2. The van der Waals surface area contributed by atoms with Crippen molar-refractivity contribution in [1.82, 2.24) is 14.3 Å². The number of rotatable bonds is 5. The minimum Gasteiger partial charge on any atom is -0.496 e. The van der Waals surface area contributed by atoms with Crippen molar-refractivity contribution >= 4 is 21.8 Å². The maximum atomic E-state index is 14.3. The van der Waals surface area contributed by atoms with Gasteiger partial charge in [0, 0.05) is 17.0 Å². The van der Waals surface area contributed by atoms with Gasteiger partial charge in [0.25, 0.3) is 0 Å². The van der Waals surface area contributed by atoms with Crippen molar-refractivity contribution in [2.24, 2.45) is 0 Å². The third-order valence-electron chi connectivity index (χ3n) is 5.98. The molecule has 3 aromatic carbocycles. The van der Waals surface area contributed by atoms with Crippen LogP contribution in [0, 0.1) is 5.82 Å². The van der Waals surface area contributed by atoms with Gasteiger partial charge in [-0.3, -0.25) is 0 Å². The van der Waals surface area contributed by atoms with Gasteiger partial charge < -0.3 is 14.4 Å². The molecule has 5 nitrogen and oxygen atoms in total. The van der Waals surface area contributed by atoms with Gasteiger partial charge in [0.2, 0.25) is 5.60 Å². The largest absolute Gasteiger partial charge is 0.496 e. The molecule has 0 aliphatic rings. The van der Waals surface area contributed by atoms with Crippen LogP contribution >= 0.6 is 0 Å². The first-order valence-electron chi connectivity index (χ1n) is 10.4. The number of alkyl halides is 3. The number of hydrogen-bond acceptors (Lipinski definition) is 3. The summed E-state index contributed by atoms with van der Waals surface area (Å²) in [6.07, 6.45) is -2.05. The van der Waals surface area contributed by atoms with Crippen molar-refractivity contribution in [2.75, 3.05) is 7.11 Å². The van der Waals surface area contributed by atoms with Crippen LogP contribution in [0.4, 0.5) is 17.6 Å². The number of aliphatic hydroxyl groups is 1. The maximum Gasteiger partial charge on any atom is 0.423 e. The summed E-state index contributed by atoms with van der Waals surface area (Å²) in [5.41, 5.74) is -1.88. The molecule has 34 heavy (non-hydrogen) atoms. The van der Waals surface area contributed by atoms with Crippen LogP contribution in [-0.4, -0.2) is 32.7 Å². The molecule has 0 spiro atoms. The molecule has 0 radical (unpaired) electrons. The topological polar surface area (TPSA) is 52.2 Å². The number of halogens is 4. The molecule has 9 heteroatoms. The monoisotopic (exact) mass is 469 g/mol. The predicted octanol–water partition coefficient (Wildman–Crippen LogP) is 5.58. The Bertz CT molecular complexity index is 1490. The first-order valence-corrected chi connectivity index (χ1v) is 10.4. The molecule has 0 aliphatic carbocycles. The van der Waals surface area contributed by atoms with E-state index in [1.165, 1.54) is 71.2 Å². The number of methoxy groups -OCH3 is 1. The third kappa shape index (κ3) is 3.49. The van der Waals surface area contributed by atoms with Crippen LogP contribution < -0.4 is 4.74 Å². The van der Waals surface area contributed by atoms with E-state index in [1.54, 1.807) is 24.3 Å². The number of nitrogens with zero attached hydrogens (tertiary/aromatic N) is 3. The van der Waals surface area contributed by atoms with Gasteiger partial charge in [-0.25, -0.2) is 9.07 Å². The van der Waals surface area contributed by atoms with Crippen molar-refractivity contribution < 1.29 is 27.4 Å². The Morgan fingerprint density at radius 2 is 1.74 bits per heavy atom. The van der Waals surface area contributed by atoms with Crippen molar-refractivity contribution in [1.29, 1.82) is 0 Å². The lowest BCUT2D eigenvalue weighted by Crippen LogP contribution is -2.45. The van der Waals surface area contributed by atoms with Gasteiger partial charge in [-0.15, -0.1) is 0 Å². The highest BCUT2D eigenvalue weighted by molar-refractivity contribution is 5.86. The average Bonchev–Trinajstić information content (AvgIpc) is 3.42. The lowest BCUT2D eigenvalue weighted by atomic mass is 9.91. The quantitative estimate of drug-likeness (QED) is 0.342. The van der Waals surface area contributed by atoms with Gasteiger partial charge in [0.1, 0.15) is 11.6 Å². The van der Waals surface area contributed by atoms with Crippen LogP contribution in [0.5, 0.6) is 5.75 Å². The molecule has 0 saturated heterocycles. The van der Waals surface area contributed by atoms with Crippen LogP contribution in [0.3, 0.4) is 0 Å². The Balaban J connectivity index is 1.58. The van der Waals surface area contributed by atoms with E-state index in [-0.39, 0.29) is 5.56 Å². The van der Waals surface area contributed by atoms with Crippen LogP contribution in [0.1, 0.15) is 5.56 Å². The summed E-state index contributed by atoms with van der Waals surface area (Å²) < 4.78 is 64.3. The number of fused-ring (bicyclic) bond motifs is 2. The average molecular weight is 469 g/mol. The van der Waals surface area contributed by atoms with E-state index >= 15 is 0 Å². The molecule has 0 aliphatic heterocycles.